The quantitative estimate of drug-likeness (QED) is 0.507. The fourth-order valence-corrected chi connectivity index (χ4v) is 3.73. The van der Waals surface area contributed by atoms with Gasteiger partial charge in [-0.3, -0.25) is 14.4 Å². The summed E-state index contributed by atoms with van der Waals surface area (Å²) in [6.45, 7) is 2.34. The molecule has 1 aliphatic heterocycles. The van der Waals surface area contributed by atoms with Crippen molar-refractivity contribution < 1.29 is 18.7 Å². The van der Waals surface area contributed by atoms with Gasteiger partial charge in [0.15, 0.2) is 16.9 Å². The molecule has 4 aromatic rings. The first-order chi connectivity index (χ1) is 15.5. The Kier molecular flexibility index (Phi) is 4.71. The lowest BCUT2D eigenvalue weighted by atomic mass is 10.1. The van der Waals surface area contributed by atoms with Gasteiger partial charge in [0.1, 0.15) is 11.3 Å². The van der Waals surface area contributed by atoms with E-state index in [0.29, 0.717) is 46.0 Å². The molecule has 158 valence electrons. The van der Waals surface area contributed by atoms with Gasteiger partial charge in [-0.2, -0.15) is 0 Å². The molecule has 2 amide bonds. The lowest BCUT2D eigenvalue weighted by Gasteiger charge is -2.19. The number of hydrogen-bond donors (Lipinski definition) is 1. The number of carbonyl (C=O) groups excluding carboxylic acids is 2. The molecule has 7 heteroatoms. The number of nitrogens with one attached hydrogen (secondary N) is 1. The number of fused-ring (bicyclic) bond motifs is 3. The predicted molar refractivity (Wildman–Crippen MR) is 121 cm³/mol. The number of amides is 2. The van der Waals surface area contributed by atoms with Crippen molar-refractivity contribution in [2.24, 2.45) is 0 Å². The van der Waals surface area contributed by atoms with E-state index in [1.165, 1.54) is 0 Å². The van der Waals surface area contributed by atoms with Gasteiger partial charge in [-0.1, -0.05) is 24.3 Å². The molecule has 0 fully saturated rings. The van der Waals surface area contributed by atoms with Gasteiger partial charge < -0.3 is 19.4 Å². The molecule has 1 N–H and O–H groups in total. The lowest BCUT2D eigenvalue weighted by Crippen LogP contribution is -2.29. The number of anilines is 2. The average molecular weight is 426 g/mol. The van der Waals surface area contributed by atoms with Crippen LogP contribution >= 0.6 is 0 Å². The molecule has 0 unspecified atom stereocenters. The van der Waals surface area contributed by atoms with Crippen molar-refractivity contribution in [2.75, 3.05) is 16.8 Å². The largest absolute Gasteiger partial charge is 0.454 e. The van der Waals surface area contributed by atoms with Crippen LogP contribution in [0.15, 0.2) is 82.0 Å². The second-order valence-electron chi connectivity index (χ2n) is 7.26. The van der Waals surface area contributed by atoms with E-state index in [2.05, 4.69) is 5.32 Å². The van der Waals surface area contributed by atoms with Gasteiger partial charge in [0, 0.05) is 18.3 Å². The third-order valence-corrected chi connectivity index (χ3v) is 5.26. The van der Waals surface area contributed by atoms with Crippen molar-refractivity contribution in [3.63, 3.8) is 0 Å². The van der Waals surface area contributed by atoms with Crippen molar-refractivity contribution >= 4 is 34.2 Å². The summed E-state index contributed by atoms with van der Waals surface area (Å²) < 4.78 is 11.6. The first-order valence-electron chi connectivity index (χ1n) is 10.1. The monoisotopic (exact) mass is 426 g/mol. The minimum absolute atomic E-state index is 0.117. The number of nitrogens with zero attached hydrogens (tertiary/aromatic N) is 1. The standard InChI is InChI=1S/C25H18N2O5/c1-2-27-18-8-4-6-10-22(18)31-21-12-11-15(13-17(21)25(27)30)26-24(29)23-14-19(28)16-7-3-5-9-20(16)32-23/h3-14H,2H2,1H3,(H,26,29). The Hall–Kier alpha value is -4.39. The third kappa shape index (κ3) is 3.30. The number of benzene rings is 3. The van der Waals surface area contributed by atoms with Crippen molar-refractivity contribution in [3.8, 4) is 11.5 Å². The normalized spacial score (nSPS) is 12.5. The molecule has 1 aliphatic rings. The summed E-state index contributed by atoms with van der Waals surface area (Å²) in [5.41, 5.74) is 1.40. The molecule has 3 aromatic carbocycles. The van der Waals surface area contributed by atoms with Crippen LogP contribution in [0.1, 0.15) is 27.8 Å². The second-order valence-corrected chi connectivity index (χ2v) is 7.26. The summed E-state index contributed by atoms with van der Waals surface area (Å²) in [6, 6.07) is 20.0. The van der Waals surface area contributed by atoms with E-state index in [-0.39, 0.29) is 17.1 Å². The topological polar surface area (TPSA) is 88.9 Å². The highest BCUT2D eigenvalue weighted by molar-refractivity contribution is 6.11. The molecule has 5 rings (SSSR count). The Morgan fingerprint density at radius 3 is 2.56 bits per heavy atom. The molecule has 0 radical (unpaired) electrons. The molecule has 0 aliphatic carbocycles. The Morgan fingerprint density at radius 2 is 1.72 bits per heavy atom. The number of para-hydroxylation sites is 3. The highest BCUT2D eigenvalue weighted by Gasteiger charge is 2.27. The van der Waals surface area contributed by atoms with Crippen LogP contribution in [0.2, 0.25) is 0 Å². The van der Waals surface area contributed by atoms with Crippen LogP contribution in [0.5, 0.6) is 11.5 Å². The van der Waals surface area contributed by atoms with Gasteiger partial charge >= 0.3 is 0 Å². The van der Waals surface area contributed by atoms with Crippen LogP contribution in [0.25, 0.3) is 11.0 Å². The van der Waals surface area contributed by atoms with E-state index in [9.17, 15) is 14.4 Å². The van der Waals surface area contributed by atoms with E-state index >= 15 is 0 Å². The number of hydrogen-bond acceptors (Lipinski definition) is 5. The van der Waals surface area contributed by atoms with Crippen LogP contribution in [0.4, 0.5) is 11.4 Å². The highest BCUT2D eigenvalue weighted by atomic mass is 16.5. The fourth-order valence-electron chi connectivity index (χ4n) is 3.73. The predicted octanol–water partition coefficient (Wildman–Crippen LogP) is 4.82. The third-order valence-electron chi connectivity index (χ3n) is 5.26. The molecule has 0 bridgehead atoms. The van der Waals surface area contributed by atoms with Gasteiger partial charge in [-0.05, 0) is 49.4 Å². The van der Waals surface area contributed by atoms with Gasteiger partial charge in [0.05, 0.1) is 16.6 Å². The molecule has 0 saturated heterocycles. The molecule has 32 heavy (non-hydrogen) atoms. The molecule has 1 aromatic heterocycles. The molecule has 2 heterocycles. The Labute approximate surface area is 182 Å². The van der Waals surface area contributed by atoms with Crippen LogP contribution in [-0.2, 0) is 0 Å². The molecule has 0 spiro atoms. The summed E-state index contributed by atoms with van der Waals surface area (Å²) >= 11 is 0. The maximum absolute atomic E-state index is 13.2. The highest BCUT2D eigenvalue weighted by Crippen LogP contribution is 2.39. The maximum Gasteiger partial charge on any atom is 0.291 e. The molecule has 0 saturated carbocycles. The summed E-state index contributed by atoms with van der Waals surface area (Å²) in [5.74, 6) is 0.0323. The van der Waals surface area contributed by atoms with Gasteiger partial charge in [-0.25, -0.2) is 0 Å². The lowest BCUT2D eigenvalue weighted by molar-refractivity contribution is 0.0982. The summed E-state index contributed by atoms with van der Waals surface area (Å²) in [5, 5.41) is 3.10. The minimum atomic E-state index is -0.592. The van der Waals surface area contributed by atoms with E-state index in [1.807, 2.05) is 25.1 Å². The number of carbonyl (C=O) groups is 2. The van der Waals surface area contributed by atoms with Crippen LogP contribution in [0.3, 0.4) is 0 Å². The SMILES string of the molecule is CCN1C(=O)c2cc(NC(=O)c3cc(=O)c4ccccc4o3)ccc2Oc2ccccc21. The van der Waals surface area contributed by atoms with Crippen LogP contribution in [0, 0.1) is 0 Å². The Morgan fingerprint density at radius 1 is 0.938 bits per heavy atom. The zero-order valence-corrected chi connectivity index (χ0v) is 17.1. The van der Waals surface area contributed by atoms with Crippen molar-refractivity contribution in [2.45, 2.75) is 6.92 Å². The number of ether oxygens (including phenoxy) is 1. The van der Waals surface area contributed by atoms with Gasteiger partial charge in [0.2, 0.25) is 0 Å². The van der Waals surface area contributed by atoms with Crippen molar-refractivity contribution in [1.82, 2.24) is 0 Å². The summed E-state index contributed by atoms with van der Waals surface area (Å²) in [7, 11) is 0. The van der Waals surface area contributed by atoms with Gasteiger partial charge in [0.25, 0.3) is 11.8 Å². The van der Waals surface area contributed by atoms with E-state index in [1.54, 1.807) is 53.4 Å². The maximum atomic E-state index is 13.2. The fraction of sp³-hybridized carbons (Fsp3) is 0.0800. The Bertz CT molecular complexity index is 1440. The van der Waals surface area contributed by atoms with E-state index < -0.39 is 5.91 Å². The van der Waals surface area contributed by atoms with E-state index in [4.69, 9.17) is 9.15 Å². The second kappa shape index (κ2) is 7.70. The molecule has 0 atom stereocenters. The van der Waals surface area contributed by atoms with Crippen LogP contribution in [-0.4, -0.2) is 18.4 Å². The van der Waals surface area contributed by atoms with E-state index in [0.717, 1.165) is 6.07 Å². The molecular formula is C25H18N2O5. The molecular weight excluding hydrogens is 408 g/mol. The zero-order chi connectivity index (χ0) is 22.2. The first kappa shape index (κ1) is 19.6. The summed E-state index contributed by atoms with van der Waals surface area (Å²) in [4.78, 5) is 39.9. The average Bonchev–Trinajstić information content (AvgIpc) is 2.92. The zero-order valence-electron chi connectivity index (χ0n) is 17.1. The Balaban J connectivity index is 1.48. The minimum Gasteiger partial charge on any atom is -0.454 e. The number of rotatable bonds is 3. The van der Waals surface area contributed by atoms with Gasteiger partial charge in [-0.15, -0.1) is 0 Å². The first-order valence-corrected chi connectivity index (χ1v) is 10.1. The summed E-state index contributed by atoms with van der Waals surface area (Å²) in [6.07, 6.45) is 0. The van der Waals surface area contributed by atoms with Crippen molar-refractivity contribution in [3.05, 3.63) is 94.3 Å². The smallest absolute Gasteiger partial charge is 0.291 e. The van der Waals surface area contributed by atoms with Crippen molar-refractivity contribution in [1.29, 1.82) is 0 Å². The molecule has 7 nitrogen and oxygen atoms in total. The van der Waals surface area contributed by atoms with Crippen LogP contribution < -0.4 is 20.4 Å².